The van der Waals surface area contributed by atoms with E-state index in [-0.39, 0.29) is 31.1 Å². The van der Waals surface area contributed by atoms with Gasteiger partial charge in [-0.3, -0.25) is 9.69 Å². The molecule has 152 valence electrons. The van der Waals surface area contributed by atoms with Crippen LogP contribution in [0, 0.1) is 11.7 Å². The molecule has 0 amide bonds. The predicted molar refractivity (Wildman–Crippen MR) is 103 cm³/mol. The number of methoxy groups -OCH3 is 1. The highest BCUT2D eigenvalue weighted by atomic mass is 19.1. The molecule has 0 unspecified atom stereocenters. The molecule has 0 saturated heterocycles. The first-order valence-electron chi connectivity index (χ1n) is 9.44. The van der Waals surface area contributed by atoms with Crippen LogP contribution in [0.4, 0.5) is 4.39 Å². The van der Waals surface area contributed by atoms with E-state index in [9.17, 15) is 19.4 Å². The predicted octanol–water partition coefficient (Wildman–Crippen LogP) is 1.25. The van der Waals surface area contributed by atoms with E-state index >= 15 is 0 Å². The summed E-state index contributed by atoms with van der Waals surface area (Å²) in [5, 5.41) is 22.9. The van der Waals surface area contributed by atoms with Crippen molar-refractivity contribution in [2.24, 2.45) is 5.92 Å². The van der Waals surface area contributed by atoms with Gasteiger partial charge in [-0.15, -0.1) is 0 Å². The first-order chi connectivity index (χ1) is 13.5. The Kier molecular flexibility index (Phi) is 6.77. The molecular formula is C20H26FN3O4. The molecule has 0 aliphatic heterocycles. The smallest absolute Gasteiger partial charge is 0.271 e. The van der Waals surface area contributed by atoms with E-state index < -0.39 is 5.82 Å². The van der Waals surface area contributed by atoms with Crippen LogP contribution in [0.2, 0.25) is 0 Å². The number of hydrogen-bond donors (Lipinski definition) is 2. The first-order valence-corrected chi connectivity index (χ1v) is 9.44. The third kappa shape index (κ3) is 4.95. The summed E-state index contributed by atoms with van der Waals surface area (Å²) >= 11 is 0. The zero-order valence-corrected chi connectivity index (χ0v) is 16.0. The second-order valence-electron chi connectivity index (χ2n) is 7.06. The molecule has 7 nitrogen and oxygen atoms in total. The summed E-state index contributed by atoms with van der Waals surface area (Å²) < 4.78 is 20.6. The van der Waals surface area contributed by atoms with Gasteiger partial charge in [0.2, 0.25) is 0 Å². The monoisotopic (exact) mass is 391 g/mol. The zero-order chi connectivity index (χ0) is 20.1. The number of nitrogens with zero attached hydrogens (tertiary/aromatic N) is 3. The van der Waals surface area contributed by atoms with E-state index in [0.717, 1.165) is 12.8 Å². The largest absolute Gasteiger partial charge is 0.494 e. The van der Waals surface area contributed by atoms with Gasteiger partial charge in [0.05, 0.1) is 26.0 Å². The van der Waals surface area contributed by atoms with Crippen molar-refractivity contribution >= 4 is 0 Å². The zero-order valence-electron chi connectivity index (χ0n) is 16.0. The summed E-state index contributed by atoms with van der Waals surface area (Å²) in [5.41, 5.74) is 1.37. The normalized spacial score (nSPS) is 13.9. The summed E-state index contributed by atoms with van der Waals surface area (Å²) in [5.74, 6) is 0.102. The summed E-state index contributed by atoms with van der Waals surface area (Å²) in [6.07, 6.45) is 2.15. The molecule has 2 aromatic rings. The van der Waals surface area contributed by atoms with E-state index in [2.05, 4.69) is 5.10 Å². The molecular weight excluding hydrogens is 365 g/mol. The SMILES string of the molecule is COc1ccc(-c2cc(CN(CCO)CCO)c(=O)n(CC3CC3)n2)cc1F. The lowest BCUT2D eigenvalue weighted by Crippen LogP contribution is -2.34. The van der Waals surface area contributed by atoms with Gasteiger partial charge in [-0.2, -0.15) is 5.10 Å². The van der Waals surface area contributed by atoms with Gasteiger partial charge in [0.25, 0.3) is 5.56 Å². The fourth-order valence-corrected chi connectivity index (χ4v) is 3.14. The minimum absolute atomic E-state index is 0.0715. The third-order valence-electron chi connectivity index (χ3n) is 4.85. The standard InChI is InChI=1S/C20H26FN3O4/c1-28-19-5-4-15(10-17(19)21)18-11-16(13-23(6-8-25)7-9-26)20(27)24(22-18)12-14-2-3-14/h4-5,10-11,14,25-26H,2-3,6-9,12-13H2,1H3. The summed E-state index contributed by atoms with van der Waals surface area (Å²) in [6, 6.07) is 6.25. The van der Waals surface area contributed by atoms with Gasteiger partial charge in [-0.1, -0.05) is 0 Å². The highest BCUT2D eigenvalue weighted by Crippen LogP contribution is 2.30. The highest BCUT2D eigenvalue weighted by molar-refractivity contribution is 5.60. The van der Waals surface area contributed by atoms with Gasteiger partial charge in [0.15, 0.2) is 11.6 Å². The fourth-order valence-electron chi connectivity index (χ4n) is 3.14. The Morgan fingerprint density at radius 1 is 1.25 bits per heavy atom. The van der Waals surface area contributed by atoms with E-state index in [1.165, 1.54) is 23.9 Å². The van der Waals surface area contributed by atoms with Crippen molar-refractivity contribution in [1.29, 1.82) is 0 Å². The molecule has 0 bridgehead atoms. The van der Waals surface area contributed by atoms with Crippen LogP contribution in [0.15, 0.2) is 29.1 Å². The molecule has 1 heterocycles. The topological polar surface area (TPSA) is 87.8 Å². The van der Waals surface area contributed by atoms with Crippen LogP contribution >= 0.6 is 0 Å². The Labute approximate surface area is 163 Å². The van der Waals surface area contributed by atoms with Gasteiger partial charge in [0.1, 0.15) is 0 Å². The number of ether oxygens (including phenoxy) is 1. The van der Waals surface area contributed by atoms with Crippen molar-refractivity contribution in [3.8, 4) is 17.0 Å². The molecule has 1 aliphatic carbocycles. The van der Waals surface area contributed by atoms with Crippen molar-refractivity contribution in [2.75, 3.05) is 33.4 Å². The third-order valence-corrected chi connectivity index (χ3v) is 4.85. The lowest BCUT2D eigenvalue weighted by atomic mass is 10.1. The van der Waals surface area contributed by atoms with Crippen molar-refractivity contribution in [1.82, 2.24) is 14.7 Å². The van der Waals surface area contributed by atoms with Crippen molar-refractivity contribution in [3.63, 3.8) is 0 Å². The van der Waals surface area contributed by atoms with Crippen LogP contribution in [-0.4, -0.2) is 58.3 Å². The van der Waals surface area contributed by atoms with E-state index in [1.807, 2.05) is 0 Å². The molecule has 0 radical (unpaired) electrons. The molecule has 3 rings (SSSR count). The number of rotatable bonds is 10. The number of aliphatic hydroxyl groups excluding tert-OH is 2. The molecule has 1 aliphatic rings. The van der Waals surface area contributed by atoms with Crippen LogP contribution in [0.1, 0.15) is 18.4 Å². The molecule has 0 spiro atoms. The molecule has 1 aromatic carbocycles. The average Bonchev–Trinajstić information content (AvgIpc) is 3.49. The number of aliphatic hydroxyl groups is 2. The second-order valence-corrected chi connectivity index (χ2v) is 7.06. The van der Waals surface area contributed by atoms with Gasteiger partial charge < -0.3 is 14.9 Å². The van der Waals surface area contributed by atoms with Crippen LogP contribution in [-0.2, 0) is 13.1 Å². The lowest BCUT2D eigenvalue weighted by molar-refractivity contribution is 0.155. The number of hydrogen-bond acceptors (Lipinski definition) is 6. The molecule has 0 atom stereocenters. The molecule has 8 heteroatoms. The van der Waals surface area contributed by atoms with Crippen LogP contribution in [0.5, 0.6) is 5.75 Å². The van der Waals surface area contributed by atoms with E-state index in [0.29, 0.717) is 42.4 Å². The van der Waals surface area contributed by atoms with Crippen molar-refractivity contribution in [3.05, 3.63) is 46.0 Å². The maximum Gasteiger partial charge on any atom is 0.271 e. The minimum atomic E-state index is -0.495. The van der Waals surface area contributed by atoms with Gasteiger partial charge in [-0.25, -0.2) is 9.07 Å². The highest BCUT2D eigenvalue weighted by Gasteiger charge is 2.24. The summed E-state index contributed by atoms with van der Waals surface area (Å²) in [4.78, 5) is 14.7. The Balaban J connectivity index is 1.99. The first kappa shape index (κ1) is 20.4. The van der Waals surface area contributed by atoms with E-state index in [4.69, 9.17) is 4.74 Å². The quantitative estimate of drug-likeness (QED) is 0.634. The maximum absolute atomic E-state index is 14.2. The average molecular weight is 391 g/mol. The molecule has 28 heavy (non-hydrogen) atoms. The Morgan fingerprint density at radius 3 is 2.54 bits per heavy atom. The molecule has 1 saturated carbocycles. The van der Waals surface area contributed by atoms with Crippen LogP contribution in [0.3, 0.4) is 0 Å². The Morgan fingerprint density at radius 2 is 1.96 bits per heavy atom. The van der Waals surface area contributed by atoms with Crippen molar-refractivity contribution < 1.29 is 19.3 Å². The molecule has 2 N–H and O–H groups in total. The van der Waals surface area contributed by atoms with Gasteiger partial charge >= 0.3 is 0 Å². The Bertz CT molecular complexity index is 861. The van der Waals surface area contributed by atoms with Crippen LogP contribution < -0.4 is 10.3 Å². The summed E-state index contributed by atoms with van der Waals surface area (Å²) in [6.45, 7) is 1.36. The fraction of sp³-hybridized carbons (Fsp3) is 0.500. The van der Waals surface area contributed by atoms with Gasteiger partial charge in [0, 0.05) is 37.3 Å². The van der Waals surface area contributed by atoms with Crippen LogP contribution in [0.25, 0.3) is 11.3 Å². The maximum atomic E-state index is 14.2. The van der Waals surface area contributed by atoms with Crippen molar-refractivity contribution in [2.45, 2.75) is 25.9 Å². The molecule has 1 fully saturated rings. The minimum Gasteiger partial charge on any atom is -0.494 e. The number of halogens is 1. The Hall–Kier alpha value is -2.29. The number of aromatic nitrogens is 2. The second kappa shape index (κ2) is 9.27. The van der Waals surface area contributed by atoms with E-state index in [1.54, 1.807) is 17.0 Å². The summed E-state index contributed by atoms with van der Waals surface area (Å²) in [7, 11) is 1.40. The molecule has 1 aromatic heterocycles. The lowest BCUT2D eigenvalue weighted by Gasteiger charge is -2.20. The number of benzene rings is 1. The van der Waals surface area contributed by atoms with Gasteiger partial charge in [-0.05, 0) is 43.0 Å².